The van der Waals surface area contributed by atoms with Gasteiger partial charge in [-0.15, -0.1) is 22.9 Å². The number of aryl methyl sites for hydroxylation is 1. The fourth-order valence-electron chi connectivity index (χ4n) is 2.39. The van der Waals surface area contributed by atoms with Crippen LogP contribution < -0.4 is 4.90 Å². The van der Waals surface area contributed by atoms with E-state index in [1.165, 1.54) is 23.3 Å². The summed E-state index contributed by atoms with van der Waals surface area (Å²) >= 11 is 7.84. The van der Waals surface area contributed by atoms with Gasteiger partial charge < -0.3 is 4.90 Å². The Kier molecular flexibility index (Phi) is 4.27. The van der Waals surface area contributed by atoms with E-state index in [1.807, 2.05) is 11.3 Å². The predicted octanol–water partition coefficient (Wildman–Crippen LogP) is 4.61. The highest BCUT2D eigenvalue weighted by Gasteiger charge is 2.30. The zero-order valence-electron chi connectivity index (χ0n) is 11.7. The molecule has 0 bridgehead atoms. The van der Waals surface area contributed by atoms with Crippen LogP contribution >= 0.6 is 22.9 Å². The summed E-state index contributed by atoms with van der Waals surface area (Å²) in [7, 11) is 0. The summed E-state index contributed by atoms with van der Waals surface area (Å²) in [5, 5.41) is 2.14. The van der Waals surface area contributed by atoms with Crippen LogP contribution in [0.1, 0.15) is 35.9 Å². The van der Waals surface area contributed by atoms with Crippen molar-refractivity contribution >= 4 is 28.8 Å². The molecule has 106 valence electrons. The monoisotopic (exact) mass is 306 g/mol. The second-order valence-electron chi connectivity index (χ2n) is 5.25. The fraction of sp³-hybridized carbons (Fsp3) is 0.438. The summed E-state index contributed by atoms with van der Waals surface area (Å²) in [6, 6.07) is 9.24. The Morgan fingerprint density at radius 2 is 2.25 bits per heavy atom. The smallest absolute Gasteiger partial charge is 0.129 e. The summed E-state index contributed by atoms with van der Waals surface area (Å²) in [4.78, 5) is 8.66. The molecule has 2 nitrogen and oxygen atoms in total. The first-order valence-corrected chi connectivity index (χ1v) is 8.56. The van der Waals surface area contributed by atoms with Crippen LogP contribution in [0.15, 0.2) is 29.6 Å². The van der Waals surface area contributed by atoms with Crippen LogP contribution in [-0.4, -0.2) is 11.0 Å². The molecule has 1 aliphatic carbocycles. The molecular formula is C16H19ClN2S. The largest absolute Gasteiger partial charge is 0.348 e. The van der Waals surface area contributed by atoms with E-state index in [0.717, 1.165) is 24.5 Å². The van der Waals surface area contributed by atoms with E-state index in [4.69, 9.17) is 16.6 Å². The van der Waals surface area contributed by atoms with Crippen molar-refractivity contribution in [3.05, 3.63) is 45.8 Å². The topological polar surface area (TPSA) is 16.1 Å². The Bertz CT molecular complexity index is 542. The highest BCUT2D eigenvalue weighted by Crippen LogP contribution is 2.33. The third-order valence-electron chi connectivity index (χ3n) is 3.63. The standard InChI is InChI=1S/C16H19ClN2S/c1-2-13-8-12(10-17)9-16(18-13)19(14-5-6-14)11-15-4-3-7-20-15/h3-4,7-9,14H,2,5-6,10-11H2,1H3. The summed E-state index contributed by atoms with van der Waals surface area (Å²) in [5.41, 5.74) is 2.31. The number of rotatable bonds is 6. The first kappa shape index (κ1) is 13.9. The molecule has 0 amide bonds. The number of pyridine rings is 1. The molecule has 2 heterocycles. The van der Waals surface area contributed by atoms with Crippen LogP contribution in [0.5, 0.6) is 0 Å². The summed E-state index contributed by atoms with van der Waals surface area (Å²) in [6.45, 7) is 3.11. The zero-order chi connectivity index (χ0) is 13.9. The molecule has 3 rings (SSSR count). The molecule has 0 unspecified atom stereocenters. The van der Waals surface area contributed by atoms with Crippen molar-refractivity contribution in [3.8, 4) is 0 Å². The third-order valence-corrected chi connectivity index (χ3v) is 4.80. The second-order valence-corrected chi connectivity index (χ2v) is 6.55. The van der Waals surface area contributed by atoms with Gasteiger partial charge in [-0.3, -0.25) is 0 Å². The lowest BCUT2D eigenvalue weighted by Crippen LogP contribution is -2.26. The van der Waals surface area contributed by atoms with E-state index in [-0.39, 0.29) is 0 Å². The van der Waals surface area contributed by atoms with Gasteiger partial charge in [0.1, 0.15) is 5.82 Å². The minimum atomic E-state index is 0.556. The van der Waals surface area contributed by atoms with Gasteiger partial charge in [0.15, 0.2) is 0 Å². The number of thiophene rings is 1. The predicted molar refractivity (Wildman–Crippen MR) is 86.7 cm³/mol. The highest BCUT2D eigenvalue weighted by atomic mass is 35.5. The Morgan fingerprint density at radius 1 is 1.40 bits per heavy atom. The Hall–Kier alpha value is -1.06. The van der Waals surface area contributed by atoms with Crippen molar-refractivity contribution in [1.29, 1.82) is 0 Å². The fourth-order valence-corrected chi connectivity index (χ4v) is 3.25. The van der Waals surface area contributed by atoms with Gasteiger partial charge in [0.25, 0.3) is 0 Å². The van der Waals surface area contributed by atoms with Crippen molar-refractivity contribution < 1.29 is 0 Å². The minimum Gasteiger partial charge on any atom is -0.348 e. The summed E-state index contributed by atoms with van der Waals surface area (Å²) in [5.74, 6) is 1.65. The lowest BCUT2D eigenvalue weighted by atomic mass is 10.2. The van der Waals surface area contributed by atoms with E-state index in [1.54, 1.807) is 0 Å². The molecule has 0 spiro atoms. The average molecular weight is 307 g/mol. The maximum absolute atomic E-state index is 6.03. The van der Waals surface area contributed by atoms with E-state index in [0.29, 0.717) is 11.9 Å². The van der Waals surface area contributed by atoms with Gasteiger partial charge in [0.05, 0.1) is 6.54 Å². The molecule has 2 aromatic heterocycles. The second kappa shape index (κ2) is 6.15. The van der Waals surface area contributed by atoms with Gasteiger partial charge in [-0.1, -0.05) is 13.0 Å². The molecule has 4 heteroatoms. The number of hydrogen-bond donors (Lipinski definition) is 0. The van der Waals surface area contributed by atoms with Gasteiger partial charge in [0.2, 0.25) is 0 Å². The van der Waals surface area contributed by atoms with Crippen LogP contribution in [0, 0.1) is 0 Å². The first-order valence-electron chi connectivity index (χ1n) is 7.15. The van der Waals surface area contributed by atoms with Crippen molar-refractivity contribution in [2.24, 2.45) is 0 Å². The van der Waals surface area contributed by atoms with Crippen LogP contribution in [0.3, 0.4) is 0 Å². The number of halogens is 1. The number of anilines is 1. The van der Waals surface area contributed by atoms with Crippen molar-refractivity contribution in [3.63, 3.8) is 0 Å². The molecule has 0 N–H and O–H groups in total. The van der Waals surface area contributed by atoms with Crippen LogP contribution in [0.4, 0.5) is 5.82 Å². The van der Waals surface area contributed by atoms with E-state index < -0.39 is 0 Å². The van der Waals surface area contributed by atoms with Gasteiger partial charge >= 0.3 is 0 Å². The van der Waals surface area contributed by atoms with Crippen molar-refractivity contribution in [2.75, 3.05) is 4.90 Å². The average Bonchev–Trinajstić information content (AvgIpc) is 3.20. The molecule has 0 atom stereocenters. The quantitative estimate of drug-likeness (QED) is 0.724. The van der Waals surface area contributed by atoms with Crippen LogP contribution in [-0.2, 0) is 18.8 Å². The number of alkyl halides is 1. The maximum Gasteiger partial charge on any atom is 0.129 e. The Morgan fingerprint density at radius 3 is 2.85 bits per heavy atom. The normalized spacial score (nSPS) is 14.5. The lowest BCUT2D eigenvalue weighted by Gasteiger charge is -2.24. The van der Waals surface area contributed by atoms with Gasteiger partial charge in [0, 0.05) is 22.5 Å². The highest BCUT2D eigenvalue weighted by molar-refractivity contribution is 7.09. The van der Waals surface area contributed by atoms with Gasteiger partial charge in [-0.25, -0.2) is 4.98 Å². The Labute approximate surface area is 129 Å². The third kappa shape index (κ3) is 3.15. The number of aromatic nitrogens is 1. The van der Waals surface area contributed by atoms with Gasteiger partial charge in [-0.2, -0.15) is 0 Å². The summed E-state index contributed by atoms with van der Waals surface area (Å²) < 4.78 is 0. The molecule has 2 aromatic rings. The number of nitrogens with zero attached hydrogens (tertiary/aromatic N) is 2. The SMILES string of the molecule is CCc1cc(CCl)cc(N(Cc2cccs2)C2CC2)n1. The maximum atomic E-state index is 6.03. The molecule has 1 fully saturated rings. The summed E-state index contributed by atoms with van der Waals surface area (Å²) in [6.07, 6.45) is 3.51. The van der Waals surface area contributed by atoms with E-state index in [9.17, 15) is 0 Å². The van der Waals surface area contributed by atoms with Crippen LogP contribution in [0.25, 0.3) is 0 Å². The first-order chi connectivity index (χ1) is 9.80. The minimum absolute atomic E-state index is 0.556. The lowest BCUT2D eigenvalue weighted by molar-refractivity contribution is 0.779. The van der Waals surface area contributed by atoms with Gasteiger partial charge in [-0.05, 0) is 48.4 Å². The number of hydrogen-bond acceptors (Lipinski definition) is 3. The molecule has 0 saturated heterocycles. The molecule has 1 aliphatic rings. The molecule has 0 aromatic carbocycles. The van der Waals surface area contributed by atoms with E-state index >= 15 is 0 Å². The van der Waals surface area contributed by atoms with Crippen molar-refractivity contribution in [2.45, 2.75) is 44.7 Å². The Balaban J connectivity index is 1.90. The zero-order valence-corrected chi connectivity index (χ0v) is 13.3. The molecule has 1 saturated carbocycles. The molecule has 0 aliphatic heterocycles. The van der Waals surface area contributed by atoms with Crippen molar-refractivity contribution in [1.82, 2.24) is 4.98 Å². The molecule has 0 radical (unpaired) electrons. The molecular weight excluding hydrogens is 288 g/mol. The van der Waals surface area contributed by atoms with E-state index in [2.05, 4.69) is 41.5 Å². The van der Waals surface area contributed by atoms with Crippen LogP contribution in [0.2, 0.25) is 0 Å². The molecule has 20 heavy (non-hydrogen) atoms.